The molecule has 0 aliphatic carbocycles. The molecule has 0 spiro atoms. The maximum Gasteiger partial charge on any atom is 0.321 e. The third kappa shape index (κ3) is 5.76. The SMILES string of the molecule is C=CCn1c(SCC(=O)NC(=O)NCc2ccccc2)nnc1-c1ccncc1. The zero-order valence-electron chi connectivity index (χ0n) is 15.6. The number of carbonyl (C=O) groups is 2. The molecule has 0 radical (unpaired) electrons. The van der Waals surface area contributed by atoms with Crippen LogP contribution < -0.4 is 10.6 Å². The van der Waals surface area contributed by atoms with E-state index in [1.54, 1.807) is 18.5 Å². The van der Waals surface area contributed by atoms with E-state index < -0.39 is 11.9 Å². The molecule has 0 saturated heterocycles. The molecule has 2 aromatic heterocycles. The number of imide groups is 1. The average Bonchev–Trinajstić information content (AvgIpc) is 3.15. The van der Waals surface area contributed by atoms with Crippen molar-refractivity contribution in [3.63, 3.8) is 0 Å². The van der Waals surface area contributed by atoms with Crippen LogP contribution >= 0.6 is 11.8 Å². The molecule has 0 fully saturated rings. The Labute approximate surface area is 172 Å². The van der Waals surface area contributed by atoms with Gasteiger partial charge in [0.05, 0.1) is 5.75 Å². The van der Waals surface area contributed by atoms with E-state index >= 15 is 0 Å². The van der Waals surface area contributed by atoms with Crippen molar-refractivity contribution in [3.8, 4) is 11.4 Å². The molecule has 0 bridgehead atoms. The van der Waals surface area contributed by atoms with Gasteiger partial charge < -0.3 is 5.32 Å². The van der Waals surface area contributed by atoms with Crippen molar-refractivity contribution in [2.45, 2.75) is 18.2 Å². The number of rotatable bonds is 8. The summed E-state index contributed by atoms with van der Waals surface area (Å²) >= 11 is 1.20. The fourth-order valence-corrected chi connectivity index (χ4v) is 3.27. The number of benzene rings is 1. The van der Waals surface area contributed by atoms with Gasteiger partial charge in [0.25, 0.3) is 0 Å². The number of hydrogen-bond acceptors (Lipinski definition) is 6. The third-order valence-corrected chi connectivity index (χ3v) is 4.82. The molecule has 3 aromatic rings. The Morgan fingerprint density at radius 2 is 1.86 bits per heavy atom. The van der Waals surface area contributed by atoms with Gasteiger partial charge in [0, 0.05) is 31.0 Å². The molecule has 3 rings (SSSR count). The van der Waals surface area contributed by atoms with Crippen molar-refractivity contribution in [2.24, 2.45) is 0 Å². The number of nitrogens with one attached hydrogen (secondary N) is 2. The van der Waals surface area contributed by atoms with Crippen LogP contribution in [0.1, 0.15) is 5.56 Å². The number of urea groups is 1. The van der Waals surface area contributed by atoms with Gasteiger partial charge in [-0.1, -0.05) is 48.2 Å². The van der Waals surface area contributed by atoms with Crippen LogP contribution in [0.2, 0.25) is 0 Å². The molecule has 0 unspecified atom stereocenters. The lowest BCUT2D eigenvalue weighted by Crippen LogP contribution is -2.40. The Morgan fingerprint density at radius 3 is 2.59 bits per heavy atom. The molecule has 0 saturated carbocycles. The number of amides is 3. The van der Waals surface area contributed by atoms with Gasteiger partial charge in [-0.05, 0) is 17.7 Å². The van der Waals surface area contributed by atoms with E-state index in [2.05, 4.69) is 32.4 Å². The van der Waals surface area contributed by atoms with Gasteiger partial charge in [0.2, 0.25) is 5.91 Å². The summed E-state index contributed by atoms with van der Waals surface area (Å²) in [7, 11) is 0. The number of nitrogens with zero attached hydrogens (tertiary/aromatic N) is 4. The minimum atomic E-state index is -0.538. The smallest absolute Gasteiger partial charge is 0.321 e. The van der Waals surface area contributed by atoms with Crippen molar-refractivity contribution < 1.29 is 9.59 Å². The molecule has 2 heterocycles. The van der Waals surface area contributed by atoms with Crippen molar-refractivity contribution in [2.75, 3.05) is 5.75 Å². The normalized spacial score (nSPS) is 10.3. The van der Waals surface area contributed by atoms with Gasteiger partial charge in [-0.3, -0.25) is 19.7 Å². The first-order chi connectivity index (χ1) is 14.2. The van der Waals surface area contributed by atoms with E-state index in [1.807, 2.05) is 47.0 Å². The second-order valence-corrected chi connectivity index (χ2v) is 6.89. The highest BCUT2D eigenvalue weighted by atomic mass is 32.2. The lowest BCUT2D eigenvalue weighted by atomic mass is 10.2. The number of thioether (sulfide) groups is 1. The Balaban J connectivity index is 1.55. The first-order valence-electron chi connectivity index (χ1n) is 8.86. The van der Waals surface area contributed by atoms with Crippen LogP contribution in [0.3, 0.4) is 0 Å². The fourth-order valence-electron chi connectivity index (χ4n) is 2.52. The molecule has 3 amide bonds. The summed E-state index contributed by atoms with van der Waals surface area (Å²) in [5.41, 5.74) is 1.82. The molecule has 8 nitrogen and oxygen atoms in total. The molecule has 29 heavy (non-hydrogen) atoms. The van der Waals surface area contributed by atoms with E-state index in [4.69, 9.17) is 0 Å². The Kier molecular flexibility index (Phi) is 7.12. The highest BCUT2D eigenvalue weighted by molar-refractivity contribution is 7.99. The summed E-state index contributed by atoms with van der Waals surface area (Å²) < 4.78 is 1.86. The second-order valence-electron chi connectivity index (χ2n) is 5.95. The van der Waals surface area contributed by atoms with Crippen LogP contribution in [0, 0.1) is 0 Å². The van der Waals surface area contributed by atoms with Gasteiger partial charge >= 0.3 is 6.03 Å². The molecular formula is C20H20N6O2S. The zero-order valence-corrected chi connectivity index (χ0v) is 16.4. The molecule has 0 atom stereocenters. The Bertz CT molecular complexity index is 975. The summed E-state index contributed by atoms with van der Waals surface area (Å²) in [4.78, 5) is 28.0. The molecule has 1 aromatic carbocycles. The average molecular weight is 408 g/mol. The summed E-state index contributed by atoms with van der Waals surface area (Å²) in [5.74, 6) is 0.277. The largest absolute Gasteiger partial charge is 0.334 e. The standard InChI is InChI=1S/C20H20N6O2S/c1-2-12-26-18(16-8-10-21-11-9-16)24-25-20(26)29-14-17(27)23-19(28)22-13-15-6-4-3-5-7-15/h2-11H,1,12-14H2,(H2,22,23,27,28). The predicted molar refractivity (Wildman–Crippen MR) is 111 cm³/mol. The van der Waals surface area contributed by atoms with Gasteiger partial charge in [-0.25, -0.2) is 4.79 Å². The zero-order chi connectivity index (χ0) is 20.5. The number of pyridine rings is 1. The Morgan fingerprint density at radius 1 is 1.10 bits per heavy atom. The topological polar surface area (TPSA) is 102 Å². The molecular weight excluding hydrogens is 388 g/mol. The van der Waals surface area contributed by atoms with Crippen molar-refractivity contribution in [1.29, 1.82) is 0 Å². The van der Waals surface area contributed by atoms with Crippen LogP contribution in [0.25, 0.3) is 11.4 Å². The quantitative estimate of drug-likeness (QED) is 0.439. The first kappa shape index (κ1) is 20.3. The predicted octanol–water partition coefficient (Wildman–Crippen LogP) is 2.64. The maximum absolute atomic E-state index is 12.1. The second kappa shape index (κ2) is 10.2. The van der Waals surface area contributed by atoms with Gasteiger partial charge in [0.15, 0.2) is 11.0 Å². The summed E-state index contributed by atoms with van der Waals surface area (Å²) in [6, 6.07) is 12.6. The maximum atomic E-state index is 12.1. The lowest BCUT2D eigenvalue weighted by molar-refractivity contribution is -0.117. The number of allylic oxidation sites excluding steroid dienone is 1. The van der Waals surface area contributed by atoms with Crippen LogP contribution in [-0.2, 0) is 17.9 Å². The number of hydrogen-bond donors (Lipinski definition) is 2. The highest BCUT2D eigenvalue weighted by Crippen LogP contribution is 2.23. The fraction of sp³-hybridized carbons (Fsp3) is 0.150. The lowest BCUT2D eigenvalue weighted by Gasteiger charge is -2.08. The summed E-state index contributed by atoms with van der Waals surface area (Å²) in [6.45, 7) is 4.60. The van der Waals surface area contributed by atoms with Crippen LogP contribution in [0.15, 0.2) is 72.7 Å². The highest BCUT2D eigenvalue weighted by Gasteiger charge is 2.15. The van der Waals surface area contributed by atoms with E-state index in [9.17, 15) is 9.59 Å². The van der Waals surface area contributed by atoms with Crippen LogP contribution in [0.4, 0.5) is 4.79 Å². The minimum absolute atomic E-state index is 0.0321. The van der Waals surface area contributed by atoms with E-state index in [1.165, 1.54) is 11.8 Å². The van der Waals surface area contributed by atoms with Gasteiger partial charge in [-0.2, -0.15) is 0 Å². The van der Waals surface area contributed by atoms with Crippen molar-refractivity contribution >= 4 is 23.7 Å². The van der Waals surface area contributed by atoms with Crippen LogP contribution in [-0.4, -0.2) is 37.4 Å². The van der Waals surface area contributed by atoms with Crippen molar-refractivity contribution in [1.82, 2.24) is 30.4 Å². The van der Waals surface area contributed by atoms with Gasteiger partial charge in [-0.15, -0.1) is 16.8 Å². The van der Waals surface area contributed by atoms with Crippen molar-refractivity contribution in [3.05, 3.63) is 73.1 Å². The number of aromatic nitrogens is 4. The third-order valence-electron chi connectivity index (χ3n) is 3.85. The summed E-state index contributed by atoms with van der Waals surface area (Å²) in [6.07, 6.45) is 5.09. The molecule has 0 aliphatic heterocycles. The van der Waals surface area contributed by atoms with E-state index in [0.717, 1.165) is 11.1 Å². The molecule has 9 heteroatoms. The van der Waals surface area contributed by atoms with E-state index in [-0.39, 0.29) is 5.75 Å². The summed E-state index contributed by atoms with van der Waals surface area (Å²) in [5, 5.41) is 13.9. The minimum Gasteiger partial charge on any atom is -0.334 e. The molecule has 0 aliphatic rings. The monoisotopic (exact) mass is 408 g/mol. The van der Waals surface area contributed by atoms with E-state index in [0.29, 0.717) is 24.1 Å². The molecule has 2 N–H and O–H groups in total. The first-order valence-corrected chi connectivity index (χ1v) is 9.85. The van der Waals surface area contributed by atoms with Gasteiger partial charge in [0.1, 0.15) is 0 Å². The Hall–Kier alpha value is -3.46. The number of carbonyl (C=O) groups excluding carboxylic acids is 2. The van der Waals surface area contributed by atoms with Crippen LogP contribution in [0.5, 0.6) is 0 Å². The molecule has 148 valence electrons.